The zero-order chi connectivity index (χ0) is 10.1. The summed E-state index contributed by atoms with van der Waals surface area (Å²) >= 11 is 9.37. The predicted octanol–water partition coefficient (Wildman–Crippen LogP) is 3.77. The molecule has 0 unspecified atom stereocenters. The van der Waals surface area contributed by atoms with Crippen molar-refractivity contribution >= 4 is 44.8 Å². The molecule has 1 nitrogen and oxygen atoms in total. The Morgan fingerprint density at radius 2 is 2.29 bits per heavy atom. The molecule has 0 spiro atoms. The SMILES string of the molecule is CSc1ccc2sc(CO)c(Cl)c2c1. The second kappa shape index (κ2) is 4.11. The van der Waals surface area contributed by atoms with E-state index in [1.165, 1.54) is 4.90 Å². The molecule has 0 saturated carbocycles. The summed E-state index contributed by atoms with van der Waals surface area (Å²) in [4.78, 5) is 2.04. The highest BCUT2D eigenvalue weighted by molar-refractivity contribution is 7.98. The number of hydrogen-bond acceptors (Lipinski definition) is 3. The topological polar surface area (TPSA) is 20.2 Å². The van der Waals surface area contributed by atoms with Crippen molar-refractivity contribution in [3.8, 4) is 0 Å². The Balaban J connectivity index is 2.68. The summed E-state index contributed by atoms with van der Waals surface area (Å²) in [7, 11) is 0. The first-order chi connectivity index (χ1) is 6.76. The van der Waals surface area contributed by atoms with E-state index >= 15 is 0 Å². The fourth-order valence-electron chi connectivity index (χ4n) is 1.33. The zero-order valence-corrected chi connectivity index (χ0v) is 9.97. The van der Waals surface area contributed by atoms with Crippen molar-refractivity contribution in [2.75, 3.05) is 6.26 Å². The first-order valence-corrected chi connectivity index (χ1v) is 6.54. The van der Waals surface area contributed by atoms with Crippen molar-refractivity contribution < 1.29 is 5.11 Å². The third kappa shape index (κ3) is 1.65. The quantitative estimate of drug-likeness (QED) is 0.812. The van der Waals surface area contributed by atoms with E-state index in [9.17, 15) is 0 Å². The summed E-state index contributed by atoms with van der Waals surface area (Å²) in [6.45, 7) is 0.0206. The van der Waals surface area contributed by atoms with Crippen LogP contribution >= 0.6 is 34.7 Å². The fraction of sp³-hybridized carbons (Fsp3) is 0.200. The molecule has 0 fully saturated rings. The Kier molecular flexibility index (Phi) is 3.02. The number of halogens is 1. The molecule has 2 rings (SSSR count). The lowest BCUT2D eigenvalue weighted by atomic mass is 10.2. The maximum absolute atomic E-state index is 9.07. The molecular formula is C10H9ClOS2. The molecule has 0 amide bonds. The van der Waals surface area contributed by atoms with Crippen LogP contribution in [0.4, 0.5) is 0 Å². The van der Waals surface area contributed by atoms with Crippen molar-refractivity contribution in [2.45, 2.75) is 11.5 Å². The average Bonchev–Trinajstić information content (AvgIpc) is 2.55. The van der Waals surface area contributed by atoms with Crippen molar-refractivity contribution in [1.82, 2.24) is 0 Å². The average molecular weight is 245 g/mol. The van der Waals surface area contributed by atoms with E-state index in [4.69, 9.17) is 16.7 Å². The first-order valence-electron chi connectivity index (χ1n) is 4.12. The molecule has 0 bridgehead atoms. The van der Waals surface area contributed by atoms with Gasteiger partial charge >= 0.3 is 0 Å². The molecule has 4 heteroatoms. The minimum absolute atomic E-state index is 0.0206. The number of aliphatic hydroxyl groups excluding tert-OH is 1. The van der Waals surface area contributed by atoms with Crippen LogP contribution in [0.25, 0.3) is 10.1 Å². The number of benzene rings is 1. The molecule has 2 aromatic rings. The van der Waals surface area contributed by atoms with Gasteiger partial charge in [-0.05, 0) is 24.5 Å². The largest absolute Gasteiger partial charge is 0.391 e. The van der Waals surface area contributed by atoms with Gasteiger partial charge < -0.3 is 5.11 Å². The lowest BCUT2D eigenvalue weighted by Crippen LogP contribution is -1.74. The van der Waals surface area contributed by atoms with Crippen LogP contribution in [-0.4, -0.2) is 11.4 Å². The summed E-state index contributed by atoms with van der Waals surface area (Å²) in [5.74, 6) is 0. The highest BCUT2D eigenvalue weighted by atomic mass is 35.5. The summed E-state index contributed by atoms with van der Waals surface area (Å²) in [5, 5.41) is 10.8. The second-order valence-electron chi connectivity index (χ2n) is 2.86. The van der Waals surface area contributed by atoms with Crippen LogP contribution < -0.4 is 0 Å². The van der Waals surface area contributed by atoms with Crippen LogP contribution in [-0.2, 0) is 6.61 Å². The molecule has 0 radical (unpaired) electrons. The van der Waals surface area contributed by atoms with Crippen molar-refractivity contribution in [1.29, 1.82) is 0 Å². The van der Waals surface area contributed by atoms with E-state index in [0.29, 0.717) is 5.02 Å². The van der Waals surface area contributed by atoms with Gasteiger partial charge in [-0.25, -0.2) is 0 Å². The number of hydrogen-bond donors (Lipinski definition) is 1. The third-order valence-electron chi connectivity index (χ3n) is 2.04. The fourth-order valence-corrected chi connectivity index (χ4v) is 3.09. The Hall–Kier alpha value is -0.220. The maximum atomic E-state index is 9.07. The molecule has 0 atom stereocenters. The van der Waals surface area contributed by atoms with Gasteiger partial charge in [-0.1, -0.05) is 11.6 Å². The minimum Gasteiger partial charge on any atom is -0.391 e. The normalized spacial score (nSPS) is 11.1. The van der Waals surface area contributed by atoms with E-state index < -0.39 is 0 Å². The molecular weight excluding hydrogens is 236 g/mol. The Bertz CT molecular complexity index is 464. The smallest absolute Gasteiger partial charge is 0.0789 e. The van der Waals surface area contributed by atoms with Gasteiger partial charge in [0.25, 0.3) is 0 Å². The van der Waals surface area contributed by atoms with Gasteiger partial charge in [0.15, 0.2) is 0 Å². The van der Waals surface area contributed by atoms with Crippen LogP contribution in [0.2, 0.25) is 5.02 Å². The number of rotatable bonds is 2. The Morgan fingerprint density at radius 3 is 2.93 bits per heavy atom. The number of aliphatic hydroxyl groups is 1. The number of thiophene rings is 1. The summed E-state index contributed by atoms with van der Waals surface area (Å²) in [6, 6.07) is 6.19. The molecule has 74 valence electrons. The molecule has 0 aliphatic carbocycles. The molecule has 14 heavy (non-hydrogen) atoms. The van der Waals surface area contributed by atoms with Gasteiger partial charge in [0, 0.05) is 19.9 Å². The van der Waals surface area contributed by atoms with Crippen LogP contribution in [0.5, 0.6) is 0 Å². The molecule has 1 heterocycles. The van der Waals surface area contributed by atoms with E-state index in [-0.39, 0.29) is 6.61 Å². The van der Waals surface area contributed by atoms with Crippen LogP contribution in [0.3, 0.4) is 0 Å². The van der Waals surface area contributed by atoms with Crippen LogP contribution in [0.1, 0.15) is 4.88 Å². The highest BCUT2D eigenvalue weighted by Gasteiger charge is 2.09. The Labute approximate surface area is 95.7 Å². The summed E-state index contributed by atoms with van der Waals surface area (Å²) in [5.41, 5.74) is 0. The molecule has 0 saturated heterocycles. The van der Waals surface area contributed by atoms with Gasteiger partial charge in [0.05, 0.1) is 11.6 Å². The van der Waals surface area contributed by atoms with Gasteiger partial charge in [-0.15, -0.1) is 23.1 Å². The standard InChI is InChI=1S/C10H9ClOS2/c1-13-6-2-3-8-7(4-6)10(11)9(5-12)14-8/h2-4,12H,5H2,1H3. The molecule has 1 aromatic heterocycles. The predicted molar refractivity (Wildman–Crippen MR) is 64.5 cm³/mol. The van der Waals surface area contributed by atoms with Crippen LogP contribution in [0.15, 0.2) is 23.1 Å². The molecule has 1 aromatic carbocycles. The number of fused-ring (bicyclic) bond motifs is 1. The van der Waals surface area contributed by atoms with E-state index in [1.54, 1.807) is 23.1 Å². The van der Waals surface area contributed by atoms with E-state index in [2.05, 4.69) is 18.2 Å². The van der Waals surface area contributed by atoms with Crippen molar-refractivity contribution in [3.05, 3.63) is 28.1 Å². The van der Waals surface area contributed by atoms with Gasteiger partial charge in [0.1, 0.15) is 0 Å². The summed E-state index contributed by atoms with van der Waals surface area (Å²) in [6.07, 6.45) is 2.04. The van der Waals surface area contributed by atoms with Crippen molar-refractivity contribution in [2.24, 2.45) is 0 Å². The second-order valence-corrected chi connectivity index (χ2v) is 5.25. The molecule has 1 N–H and O–H groups in total. The Morgan fingerprint density at radius 1 is 1.50 bits per heavy atom. The first kappa shape index (κ1) is 10.3. The maximum Gasteiger partial charge on any atom is 0.0789 e. The van der Waals surface area contributed by atoms with Gasteiger partial charge in [-0.3, -0.25) is 0 Å². The lowest BCUT2D eigenvalue weighted by Gasteiger charge is -1.95. The molecule has 0 aliphatic heterocycles. The minimum atomic E-state index is 0.0206. The summed E-state index contributed by atoms with van der Waals surface area (Å²) < 4.78 is 1.14. The monoisotopic (exact) mass is 244 g/mol. The highest BCUT2D eigenvalue weighted by Crippen LogP contribution is 2.37. The lowest BCUT2D eigenvalue weighted by molar-refractivity contribution is 0.285. The van der Waals surface area contributed by atoms with Gasteiger partial charge in [-0.2, -0.15) is 0 Å². The van der Waals surface area contributed by atoms with Gasteiger partial charge in [0.2, 0.25) is 0 Å². The van der Waals surface area contributed by atoms with E-state index in [1.807, 2.05) is 6.26 Å². The molecule has 0 aliphatic rings. The third-order valence-corrected chi connectivity index (χ3v) is 4.47. The zero-order valence-electron chi connectivity index (χ0n) is 7.58. The number of thioether (sulfide) groups is 1. The van der Waals surface area contributed by atoms with E-state index in [0.717, 1.165) is 15.0 Å². The van der Waals surface area contributed by atoms with Crippen molar-refractivity contribution in [3.63, 3.8) is 0 Å². The van der Waals surface area contributed by atoms with Crippen LogP contribution in [0, 0.1) is 0 Å².